The first-order chi connectivity index (χ1) is 8.52. The molecule has 98 valence electrons. The van der Waals surface area contributed by atoms with Gasteiger partial charge in [-0.15, -0.1) is 0 Å². The number of rotatable bonds is 6. The van der Waals surface area contributed by atoms with Crippen LogP contribution >= 0.6 is 12.2 Å². The zero-order chi connectivity index (χ0) is 13.5. The van der Waals surface area contributed by atoms with Gasteiger partial charge in [-0.25, -0.2) is 0 Å². The lowest BCUT2D eigenvalue weighted by molar-refractivity contribution is -0.129. The monoisotopic (exact) mass is 266 g/mol. The molecule has 0 fully saturated rings. The van der Waals surface area contributed by atoms with Crippen molar-refractivity contribution in [3.8, 4) is 5.75 Å². The lowest BCUT2D eigenvalue weighted by atomic mass is 10.1. The van der Waals surface area contributed by atoms with Crippen molar-refractivity contribution in [2.24, 2.45) is 5.73 Å². The van der Waals surface area contributed by atoms with Crippen LogP contribution in [0.4, 0.5) is 0 Å². The predicted octanol–water partition coefficient (Wildman–Crippen LogP) is 1.46. The fraction of sp³-hybridized carbons (Fsp3) is 0.385. The van der Waals surface area contributed by atoms with Crippen molar-refractivity contribution < 1.29 is 9.90 Å². The molecule has 0 aliphatic carbocycles. The number of aromatic hydroxyl groups is 1. The third kappa shape index (κ3) is 4.71. The van der Waals surface area contributed by atoms with Crippen molar-refractivity contribution in [3.05, 3.63) is 29.8 Å². The maximum atomic E-state index is 12.1. The number of hydrogen-bond acceptors (Lipinski definition) is 3. The van der Waals surface area contributed by atoms with Gasteiger partial charge in [0.1, 0.15) is 5.75 Å². The van der Waals surface area contributed by atoms with E-state index in [4.69, 9.17) is 18.0 Å². The fourth-order valence-electron chi connectivity index (χ4n) is 1.70. The summed E-state index contributed by atoms with van der Waals surface area (Å²) in [4.78, 5) is 14.0. The first-order valence-electron chi connectivity index (χ1n) is 5.87. The van der Waals surface area contributed by atoms with E-state index in [0.717, 1.165) is 12.0 Å². The Hall–Kier alpha value is -1.62. The Morgan fingerprint density at radius 1 is 1.50 bits per heavy atom. The molecule has 0 unspecified atom stereocenters. The number of carbonyl (C=O) groups is 1. The highest BCUT2D eigenvalue weighted by Gasteiger charge is 2.14. The second kappa shape index (κ2) is 6.96. The third-order valence-corrected chi connectivity index (χ3v) is 2.59. The van der Waals surface area contributed by atoms with E-state index in [-0.39, 0.29) is 18.1 Å². The van der Waals surface area contributed by atoms with Crippen LogP contribution in [0.15, 0.2) is 24.3 Å². The van der Waals surface area contributed by atoms with Crippen molar-refractivity contribution in [1.29, 1.82) is 0 Å². The minimum atomic E-state index is -0.0322. The van der Waals surface area contributed by atoms with Crippen molar-refractivity contribution in [2.45, 2.75) is 19.8 Å². The van der Waals surface area contributed by atoms with E-state index >= 15 is 0 Å². The molecule has 0 aliphatic heterocycles. The lowest BCUT2D eigenvalue weighted by Crippen LogP contribution is -2.39. The van der Waals surface area contributed by atoms with Crippen LogP contribution in [0, 0.1) is 0 Å². The molecule has 0 bridgehead atoms. The number of phenolic OH excluding ortho intramolecular Hbond substituents is 1. The quantitative estimate of drug-likeness (QED) is 0.765. The van der Waals surface area contributed by atoms with Crippen molar-refractivity contribution in [3.63, 3.8) is 0 Å². The van der Waals surface area contributed by atoms with Crippen molar-refractivity contribution >= 4 is 23.1 Å². The predicted molar refractivity (Wildman–Crippen MR) is 75.5 cm³/mol. The van der Waals surface area contributed by atoms with Gasteiger partial charge >= 0.3 is 0 Å². The van der Waals surface area contributed by atoms with Gasteiger partial charge in [-0.2, -0.15) is 0 Å². The van der Waals surface area contributed by atoms with Gasteiger partial charge < -0.3 is 15.7 Å². The van der Waals surface area contributed by atoms with Crippen LogP contribution in [-0.4, -0.2) is 34.0 Å². The Bertz CT molecular complexity index is 435. The number of amides is 1. The first-order valence-corrected chi connectivity index (χ1v) is 6.27. The highest BCUT2D eigenvalue weighted by Crippen LogP contribution is 2.12. The Labute approximate surface area is 112 Å². The number of benzene rings is 1. The maximum Gasteiger partial charge on any atom is 0.227 e. The highest BCUT2D eigenvalue weighted by atomic mass is 32.1. The zero-order valence-electron chi connectivity index (χ0n) is 10.4. The summed E-state index contributed by atoms with van der Waals surface area (Å²) in [5, 5.41) is 9.35. The van der Waals surface area contributed by atoms with Gasteiger partial charge in [-0.05, 0) is 24.1 Å². The molecular formula is C13H18N2O2S. The molecule has 1 aromatic carbocycles. The molecule has 3 N–H and O–H groups in total. The number of phenols is 1. The molecular weight excluding hydrogens is 248 g/mol. The summed E-state index contributed by atoms with van der Waals surface area (Å²) in [6.07, 6.45) is 1.10. The Morgan fingerprint density at radius 2 is 2.22 bits per heavy atom. The summed E-state index contributed by atoms with van der Waals surface area (Å²) < 4.78 is 0. The third-order valence-electron chi connectivity index (χ3n) is 2.46. The molecule has 0 aromatic heterocycles. The topological polar surface area (TPSA) is 66.6 Å². The summed E-state index contributed by atoms with van der Waals surface area (Å²) in [6, 6.07) is 6.69. The molecule has 0 spiro atoms. The average Bonchev–Trinajstić information content (AvgIpc) is 2.27. The van der Waals surface area contributed by atoms with E-state index in [1.165, 1.54) is 0 Å². The van der Waals surface area contributed by atoms with Crippen molar-refractivity contribution in [2.75, 3.05) is 13.1 Å². The Kier molecular flexibility index (Phi) is 5.58. The van der Waals surface area contributed by atoms with Gasteiger partial charge in [0.2, 0.25) is 5.91 Å². The van der Waals surface area contributed by atoms with E-state index in [9.17, 15) is 9.90 Å². The lowest BCUT2D eigenvalue weighted by Gasteiger charge is -2.21. The highest BCUT2D eigenvalue weighted by molar-refractivity contribution is 7.80. The van der Waals surface area contributed by atoms with Crippen LogP contribution < -0.4 is 5.73 Å². The van der Waals surface area contributed by atoms with Gasteiger partial charge in [0.15, 0.2) is 0 Å². The number of thiocarbonyl (C=S) groups is 1. The van der Waals surface area contributed by atoms with E-state index in [0.29, 0.717) is 18.1 Å². The maximum absolute atomic E-state index is 12.1. The Balaban J connectivity index is 2.69. The molecule has 4 nitrogen and oxygen atoms in total. The number of nitrogens with two attached hydrogens (primary N) is 1. The second-order valence-electron chi connectivity index (χ2n) is 4.13. The van der Waals surface area contributed by atoms with E-state index in [2.05, 4.69) is 0 Å². The largest absolute Gasteiger partial charge is 0.508 e. The van der Waals surface area contributed by atoms with Gasteiger partial charge in [0, 0.05) is 6.54 Å². The standard InChI is InChI=1S/C13H18N2O2S/c1-2-6-15(9-12(14)18)13(17)8-10-4-3-5-11(16)7-10/h3-5,7,16H,2,6,8-9H2,1H3,(H2,14,18). The molecule has 1 amide bonds. The van der Waals surface area contributed by atoms with Gasteiger partial charge in [-0.3, -0.25) is 4.79 Å². The molecule has 1 aromatic rings. The molecule has 0 saturated heterocycles. The number of carbonyl (C=O) groups excluding carboxylic acids is 1. The minimum Gasteiger partial charge on any atom is -0.508 e. The van der Waals surface area contributed by atoms with Crippen LogP contribution in [0.5, 0.6) is 5.75 Å². The summed E-state index contributed by atoms with van der Waals surface area (Å²) in [5.41, 5.74) is 6.26. The fourth-order valence-corrected chi connectivity index (χ4v) is 1.86. The molecule has 0 radical (unpaired) electrons. The molecule has 0 aliphatic rings. The van der Waals surface area contributed by atoms with Gasteiger partial charge in [0.25, 0.3) is 0 Å². The molecule has 5 heteroatoms. The van der Waals surface area contributed by atoms with Crippen LogP contribution in [0.25, 0.3) is 0 Å². The minimum absolute atomic E-state index is 0.0322. The molecule has 1 rings (SSSR count). The van der Waals surface area contributed by atoms with Gasteiger partial charge in [-0.1, -0.05) is 31.3 Å². The summed E-state index contributed by atoms with van der Waals surface area (Å²) >= 11 is 4.83. The second-order valence-corrected chi connectivity index (χ2v) is 4.65. The van der Waals surface area contributed by atoms with Crippen LogP contribution in [0.3, 0.4) is 0 Å². The first kappa shape index (κ1) is 14.4. The van der Waals surface area contributed by atoms with Gasteiger partial charge in [0.05, 0.1) is 18.0 Å². The Morgan fingerprint density at radius 3 is 2.78 bits per heavy atom. The number of hydrogen-bond donors (Lipinski definition) is 2. The number of nitrogens with zero attached hydrogens (tertiary/aromatic N) is 1. The summed E-state index contributed by atoms with van der Waals surface area (Å²) in [6.45, 7) is 2.93. The van der Waals surface area contributed by atoms with E-state index in [1.54, 1.807) is 23.1 Å². The van der Waals surface area contributed by atoms with Crippen LogP contribution in [-0.2, 0) is 11.2 Å². The summed E-state index contributed by atoms with van der Waals surface area (Å²) in [7, 11) is 0. The SMILES string of the molecule is CCCN(CC(N)=S)C(=O)Cc1cccc(O)c1. The van der Waals surface area contributed by atoms with E-state index in [1.807, 2.05) is 13.0 Å². The van der Waals surface area contributed by atoms with E-state index < -0.39 is 0 Å². The average molecular weight is 266 g/mol. The zero-order valence-corrected chi connectivity index (χ0v) is 11.2. The molecule has 0 heterocycles. The smallest absolute Gasteiger partial charge is 0.227 e. The normalized spacial score (nSPS) is 10.1. The van der Waals surface area contributed by atoms with Crippen molar-refractivity contribution in [1.82, 2.24) is 4.90 Å². The summed E-state index contributed by atoms with van der Waals surface area (Å²) in [5.74, 6) is 0.131. The van der Waals surface area contributed by atoms with Crippen LogP contribution in [0.2, 0.25) is 0 Å². The van der Waals surface area contributed by atoms with Crippen LogP contribution in [0.1, 0.15) is 18.9 Å². The molecule has 0 atom stereocenters. The molecule has 0 saturated carbocycles. The molecule has 18 heavy (non-hydrogen) atoms.